The Balaban J connectivity index is 1.45. The molecule has 0 radical (unpaired) electrons. The molecule has 0 saturated heterocycles. The fraction of sp³-hybridized carbons (Fsp3) is 0.167. The van der Waals surface area contributed by atoms with E-state index < -0.39 is 0 Å². The van der Waals surface area contributed by atoms with Gasteiger partial charge in [-0.3, -0.25) is 4.79 Å². The van der Waals surface area contributed by atoms with Gasteiger partial charge in [0, 0.05) is 6.42 Å². The largest absolute Gasteiger partial charge is 0.494 e. The van der Waals surface area contributed by atoms with E-state index in [4.69, 9.17) is 4.74 Å². The maximum Gasteiger partial charge on any atom is 0.213 e. The zero-order valence-corrected chi connectivity index (χ0v) is 14.9. The molecular weight excluding hydrogens is 354 g/mol. The summed E-state index contributed by atoms with van der Waals surface area (Å²) in [6.07, 6.45) is 2.49. The van der Waals surface area contributed by atoms with E-state index in [0.717, 1.165) is 39.7 Å². The second-order valence-corrected chi connectivity index (χ2v) is 7.38. The quantitative estimate of drug-likeness (QED) is 0.359. The highest BCUT2D eigenvalue weighted by atomic mass is 32.1. The summed E-state index contributed by atoms with van der Waals surface area (Å²) in [7, 11) is 0. The van der Waals surface area contributed by atoms with Crippen LogP contribution in [0.2, 0.25) is 0 Å². The molecule has 0 aliphatic rings. The Kier molecular flexibility index (Phi) is 4.58. The molecule has 3 aromatic heterocycles. The minimum absolute atomic E-state index is 0.514. The molecule has 0 atom stereocenters. The van der Waals surface area contributed by atoms with E-state index in [1.807, 2.05) is 47.8 Å². The summed E-state index contributed by atoms with van der Waals surface area (Å²) in [4.78, 5) is 17.8. The number of thiophene rings is 1. The van der Waals surface area contributed by atoms with Gasteiger partial charge in [-0.05, 0) is 30.0 Å². The Labute approximate surface area is 152 Å². The van der Waals surface area contributed by atoms with E-state index in [9.17, 15) is 4.79 Å². The lowest BCUT2D eigenvalue weighted by molar-refractivity contribution is 0.111. The fourth-order valence-electron chi connectivity index (χ4n) is 2.54. The van der Waals surface area contributed by atoms with Gasteiger partial charge in [0.2, 0.25) is 4.96 Å². The molecule has 0 aliphatic heterocycles. The average molecular weight is 369 g/mol. The summed E-state index contributed by atoms with van der Waals surface area (Å²) >= 11 is 3.09. The summed E-state index contributed by atoms with van der Waals surface area (Å²) in [6.45, 7) is 0.632. The summed E-state index contributed by atoms with van der Waals surface area (Å²) in [5, 5.41) is 7.48. The molecule has 3 heterocycles. The first kappa shape index (κ1) is 16.0. The summed E-state index contributed by atoms with van der Waals surface area (Å²) in [6, 6.07) is 13.7. The van der Waals surface area contributed by atoms with E-state index in [1.165, 1.54) is 11.3 Å². The number of hydrogen-bond donors (Lipinski definition) is 0. The summed E-state index contributed by atoms with van der Waals surface area (Å²) in [5.74, 6) is 0.875. The lowest BCUT2D eigenvalue weighted by Gasteiger charge is -2.04. The van der Waals surface area contributed by atoms with Gasteiger partial charge in [-0.2, -0.15) is 9.61 Å². The topological polar surface area (TPSA) is 56.5 Å². The van der Waals surface area contributed by atoms with Crippen molar-refractivity contribution in [1.82, 2.24) is 14.6 Å². The van der Waals surface area contributed by atoms with Crippen LogP contribution in [-0.2, 0) is 6.42 Å². The Morgan fingerprint density at radius 3 is 2.80 bits per heavy atom. The smallest absolute Gasteiger partial charge is 0.213 e. The predicted octanol–water partition coefficient (Wildman–Crippen LogP) is 4.34. The molecule has 126 valence electrons. The number of ether oxygens (including phenoxy) is 1. The number of fused-ring (bicyclic) bond motifs is 1. The number of para-hydroxylation sites is 1. The molecule has 1 aromatic carbocycles. The van der Waals surface area contributed by atoms with Crippen LogP contribution in [0.25, 0.3) is 15.5 Å². The van der Waals surface area contributed by atoms with Gasteiger partial charge in [-0.25, -0.2) is 4.98 Å². The van der Waals surface area contributed by atoms with E-state index in [-0.39, 0.29) is 0 Å². The van der Waals surface area contributed by atoms with Crippen molar-refractivity contribution >= 4 is 33.9 Å². The number of aryl methyl sites for hydroxylation is 1. The van der Waals surface area contributed by atoms with E-state index >= 15 is 0 Å². The fourth-order valence-corrected chi connectivity index (χ4v) is 4.20. The van der Waals surface area contributed by atoms with Gasteiger partial charge in [-0.1, -0.05) is 35.6 Å². The van der Waals surface area contributed by atoms with Crippen molar-refractivity contribution in [2.75, 3.05) is 6.61 Å². The zero-order chi connectivity index (χ0) is 17.1. The lowest BCUT2D eigenvalue weighted by Crippen LogP contribution is -2.00. The molecule has 0 amide bonds. The molecule has 0 aliphatic carbocycles. The molecule has 0 N–H and O–H groups in total. The molecule has 4 aromatic rings. The first-order chi connectivity index (χ1) is 12.3. The van der Waals surface area contributed by atoms with Crippen LogP contribution in [0.1, 0.15) is 21.9 Å². The maximum atomic E-state index is 11.5. The van der Waals surface area contributed by atoms with Crippen LogP contribution in [0.5, 0.6) is 5.75 Å². The lowest BCUT2D eigenvalue weighted by atomic mass is 10.3. The highest BCUT2D eigenvalue weighted by Gasteiger charge is 2.17. The van der Waals surface area contributed by atoms with Gasteiger partial charge < -0.3 is 4.74 Å². The Hall–Kier alpha value is -2.51. The monoisotopic (exact) mass is 369 g/mol. The molecular formula is C18H15N3O2S2. The van der Waals surface area contributed by atoms with Gasteiger partial charge in [0.25, 0.3) is 0 Å². The number of carbonyl (C=O) groups excluding carboxylic acids is 1. The van der Waals surface area contributed by atoms with Crippen LogP contribution in [0, 0.1) is 0 Å². The number of benzene rings is 1. The van der Waals surface area contributed by atoms with Gasteiger partial charge in [0.05, 0.1) is 11.5 Å². The molecule has 0 unspecified atom stereocenters. The third kappa shape index (κ3) is 3.33. The number of rotatable bonds is 7. The van der Waals surface area contributed by atoms with Crippen LogP contribution in [0.4, 0.5) is 0 Å². The van der Waals surface area contributed by atoms with Crippen molar-refractivity contribution in [1.29, 1.82) is 0 Å². The van der Waals surface area contributed by atoms with Gasteiger partial charge in [-0.15, -0.1) is 11.3 Å². The third-order valence-electron chi connectivity index (χ3n) is 3.69. The van der Waals surface area contributed by atoms with Crippen LogP contribution in [0.3, 0.4) is 0 Å². The number of nitrogens with zero attached hydrogens (tertiary/aromatic N) is 3. The number of imidazole rings is 1. The van der Waals surface area contributed by atoms with Gasteiger partial charge >= 0.3 is 0 Å². The second-order valence-electron chi connectivity index (χ2n) is 5.40. The van der Waals surface area contributed by atoms with Crippen molar-refractivity contribution in [3.63, 3.8) is 0 Å². The van der Waals surface area contributed by atoms with Crippen molar-refractivity contribution in [3.8, 4) is 16.3 Å². The maximum absolute atomic E-state index is 11.5. The van der Waals surface area contributed by atoms with Gasteiger partial charge in [0.1, 0.15) is 22.1 Å². The predicted molar refractivity (Wildman–Crippen MR) is 99.8 cm³/mol. The number of hydrogen-bond acceptors (Lipinski definition) is 6. The van der Waals surface area contributed by atoms with Crippen molar-refractivity contribution < 1.29 is 9.53 Å². The minimum atomic E-state index is 0.514. The number of aldehydes is 1. The molecule has 0 saturated carbocycles. The Bertz CT molecular complexity index is 975. The first-order valence-electron chi connectivity index (χ1n) is 7.90. The SMILES string of the molecule is O=Cc1c(-c2cccs2)nc2sc(CCCOc3ccccc3)nn12. The molecule has 5 nitrogen and oxygen atoms in total. The summed E-state index contributed by atoms with van der Waals surface area (Å²) in [5.41, 5.74) is 1.23. The zero-order valence-electron chi connectivity index (χ0n) is 13.3. The third-order valence-corrected chi connectivity index (χ3v) is 5.54. The first-order valence-corrected chi connectivity index (χ1v) is 9.60. The standard InChI is InChI=1S/C18H15N3O2S2/c22-12-14-17(15-8-5-11-24-15)19-18-21(14)20-16(25-18)9-4-10-23-13-6-2-1-3-7-13/h1-3,5-8,11-12H,4,9-10H2. The second kappa shape index (κ2) is 7.16. The van der Waals surface area contributed by atoms with Crippen molar-refractivity contribution in [2.24, 2.45) is 0 Å². The highest BCUT2D eigenvalue weighted by molar-refractivity contribution is 7.16. The van der Waals surface area contributed by atoms with Crippen molar-refractivity contribution in [2.45, 2.75) is 12.8 Å². The van der Waals surface area contributed by atoms with Gasteiger partial charge in [0.15, 0.2) is 6.29 Å². The molecule has 0 fully saturated rings. The number of aromatic nitrogens is 3. The average Bonchev–Trinajstić information content (AvgIpc) is 3.35. The van der Waals surface area contributed by atoms with E-state index in [2.05, 4.69) is 10.1 Å². The Morgan fingerprint density at radius 2 is 2.04 bits per heavy atom. The minimum Gasteiger partial charge on any atom is -0.494 e. The molecule has 4 rings (SSSR count). The van der Waals surface area contributed by atoms with Crippen LogP contribution in [-0.4, -0.2) is 27.5 Å². The van der Waals surface area contributed by atoms with Crippen molar-refractivity contribution in [3.05, 3.63) is 58.5 Å². The summed E-state index contributed by atoms with van der Waals surface area (Å²) < 4.78 is 7.35. The van der Waals surface area contributed by atoms with E-state index in [1.54, 1.807) is 15.9 Å². The molecule has 0 spiro atoms. The van der Waals surface area contributed by atoms with E-state index in [0.29, 0.717) is 18.0 Å². The normalized spacial score (nSPS) is 11.0. The molecule has 25 heavy (non-hydrogen) atoms. The number of carbonyl (C=O) groups is 1. The van der Waals surface area contributed by atoms with Crippen LogP contribution >= 0.6 is 22.7 Å². The Morgan fingerprint density at radius 1 is 1.16 bits per heavy atom. The highest BCUT2D eigenvalue weighted by Crippen LogP contribution is 2.29. The molecule has 0 bridgehead atoms. The molecule has 7 heteroatoms. The van der Waals surface area contributed by atoms with Crippen LogP contribution < -0.4 is 4.74 Å². The van der Waals surface area contributed by atoms with Crippen LogP contribution in [0.15, 0.2) is 47.8 Å².